The fourth-order valence-electron chi connectivity index (χ4n) is 2.88. The number of hydrogen-bond acceptors (Lipinski definition) is 3. The highest BCUT2D eigenvalue weighted by atomic mass is 16.2. The summed E-state index contributed by atoms with van der Waals surface area (Å²) in [6.45, 7) is 6.63. The van der Waals surface area contributed by atoms with Crippen LogP contribution in [-0.4, -0.2) is 48.4 Å². The zero-order valence-corrected chi connectivity index (χ0v) is 15.8. The van der Waals surface area contributed by atoms with Crippen LogP contribution in [-0.2, 0) is 16.0 Å². The van der Waals surface area contributed by atoms with Crippen molar-refractivity contribution in [2.75, 3.05) is 13.6 Å². The molecule has 0 aliphatic heterocycles. The standard InChI is InChI=1S/C20H31N3O2/c1-14(2)19(22-18(24)12-16-8-6-5-7-9-16)20(25)21-13-15(3)23(4)17-10-11-17/h5-9,14-15,17,19H,10-13H2,1-4H3,(H,21,25)(H,22,24)/t15-,19+/m1/s1. The molecule has 1 aliphatic rings. The van der Waals surface area contributed by atoms with Crippen molar-refractivity contribution in [3.63, 3.8) is 0 Å². The van der Waals surface area contributed by atoms with Crippen LogP contribution in [0.3, 0.4) is 0 Å². The molecule has 0 radical (unpaired) electrons. The molecule has 5 heteroatoms. The molecule has 2 N–H and O–H groups in total. The lowest BCUT2D eigenvalue weighted by Crippen LogP contribution is -2.52. The Balaban J connectivity index is 1.83. The third kappa shape index (κ3) is 6.16. The Bertz CT molecular complexity index is 570. The molecule has 1 saturated carbocycles. The monoisotopic (exact) mass is 345 g/mol. The topological polar surface area (TPSA) is 61.4 Å². The van der Waals surface area contributed by atoms with E-state index in [2.05, 4.69) is 29.5 Å². The van der Waals surface area contributed by atoms with Gasteiger partial charge in [-0.05, 0) is 38.3 Å². The van der Waals surface area contributed by atoms with Crippen LogP contribution >= 0.6 is 0 Å². The number of nitrogens with one attached hydrogen (secondary N) is 2. The second-order valence-corrected chi connectivity index (χ2v) is 7.44. The van der Waals surface area contributed by atoms with Gasteiger partial charge in [0.1, 0.15) is 6.04 Å². The van der Waals surface area contributed by atoms with E-state index in [1.807, 2.05) is 44.2 Å². The number of nitrogens with zero attached hydrogens (tertiary/aromatic N) is 1. The lowest BCUT2D eigenvalue weighted by molar-refractivity contribution is -0.129. The SMILES string of the molecule is CC(C)[C@H](NC(=O)Cc1ccccc1)C(=O)NC[C@@H](C)N(C)C1CC1. The summed E-state index contributed by atoms with van der Waals surface area (Å²) in [5.41, 5.74) is 0.947. The number of carbonyl (C=O) groups is 2. The van der Waals surface area contributed by atoms with Gasteiger partial charge in [-0.15, -0.1) is 0 Å². The Morgan fingerprint density at radius 1 is 1.16 bits per heavy atom. The van der Waals surface area contributed by atoms with Gasteiger partial charge >= 0.3 is 0 Å². The van der Waals surface area contributed by atoms with Crippen molar-refractivity contribution >= 4 is 11.8 Å². The summed E-state index contributed by atoms with van der Waals surface area (Å²) in [5.74, 6) is -0.188. The van der Waals surface area contributed by atoms with Gasteiger partial charge < -0.3 is 10.6 Å². The molecular formula is C20H31N3O2. The first-order valence-corrected chi connectivity index (χ1v) is 9.21. The van der Waals surface area contributed by atoms with E-state index in [4.69, 9.17) is 0 Å². The van der Waals surface area contributed by atoms with Crippen LogP contribution in [0.25, 0.3) is 0 Å². The Morgan fingerprint density at radius 3 is 2.36 bits per heavy atom. The van der Waals surface area contributed by atoms with Gasteiger partial charge in [-0.3, -0.25) is 14.5 Å². The molecule has 1 aliphatic carbocycles. The average molecular weight is 345 g/mol. The zero-order valence-electron chi connectivity index (χ0n) is 15.8. The molecule has 25 heavy (non-hydrogen) atoms. The van der Waals surface area contributed by atoms with E-state index in [0.717, 1.165) is 5.56 Å². The molecule has 0 unspecified atom stereocenters. The highest BCUT2D eigenvalue weighted by Gasteiger charge is 2.30. The average Bonchev–Trinajstić information content (AvgIpc) is 3.42. The van der Waals surface area contributed by atoms with E-state index in [-0.39, 0.29) is 24.2 Å². The van der Waals surface area contributed by atoms with Crippen molar-refractivity contribution in [1.82, 2.24) is 15.5 Å². The minimum absolute atomic E-state index is 0.0381. The van der Waals surface area contributed by atoms with Gasteiger partial charge in [0.2, 0.25) is 11.8 Å². The predicted octanol–water partition coefficient (Wildman–Crippen LogP) is 1.97. The van der Waals surface area contributed by atoms with Crippen molar-refractivity contribution in [3.05, 3.63) is 35.9 Å². The normalized spacial score (nSPS) is 16.6. The maximum atomic E-state index is 12.5. The van der Waals surface area contributed by atoms with E-state index in [1.165, 1.54) is 12.8 Å². The molecule has 0 heterocycles. The van der Waals surface area contributed by atoms with E-state index in [0.29, 0.717) is 18.6 Å². The van der Waals surface area contributed by atoms with Crippen LogP contribution < -0.4 is 10.6 Å². The zero-order chi connectivity index (χ0) is 18.4. The molecule has 2 rings (SSSR count). The van der Waals surface area contributed by atoms with E-state index in [1.54, 1.807) is 0 Å². The third-order valence-electron chi connectivity index (χ3n) is 4.86. The van der Waals surface area contributed by atoms with Crippen LogP contribution in [0.1, 0.15) is 39.2 Å². The maximum Gasteiger partial charge on any atom is 0.242 e. The van der Waals surface area contributed by atoms with Crippen LogP contribution in [0.15, 0.2) is 30.3 Å². The maximum absolute atomic E-state index is 12.5. The fourth-order valence-corrected chi connectivity index (χ4v) is 2.88. The Kier molecular flexibility index (Phi) is 7.00. The van der Waals surface area contributed by atoms with Crippen LogP contribution in [0.5, 0.6) is 0 Å². The predicted molar refractivity (Wildman–Crippen MR) is 100 cm³/mol. The van der Waals surface area contributed by atoms with Gasteiger partial charge in [-0.25, -0.2) is 0 Å². The van der Waals surface area contributed by atoms with Gasteiger partial charge in [-0.2, -0.15) is 0 Å². The number of benzene rings is 1. The van der Waals surface area contributed by atoms with Gasteiger partial charge in [-0.1, -0.05) is 44.2 Å². The van der Waals surface area contributed by atoms with Gasteiger partial charge in [0.25, 0.3) is 0 Å². The molecule has 2 amide bonds. The van der Waals surface area contributed by atoms with Crippen molar-refractivity contribution in [2.24, 2.45) is 5.92 Å². The lowest BCUT2D eigenvalue weighted by atomic mass is 10.0. The second-order valence-electron chi connectivity index (χ2n) is 7.44. The molecule has 138 valence electrons. The summed E-state index contributed by atoms with van der Waals surface area (Å²) >= 11 is 0. The molecular weight excluding hydrogens is 314 g/mol. The van der Waals surface area contributed by atoms with Gasteiger partial charge in [0.05, 0.1) is 6.42 Å². The molecule has 0 spiro atoms. The molecule has 1 fully saturated rings. The number of rotatable bonds is 9. The summed E-state index contributed by atoms with van der Waals surface area (Å²) in [7, 11) is 2.11. The minimum atomic E-state index is -0.505. The van der Waals surface area contributed by atoms with Crippen molar-refractivity contribution < 1.29 is 9.59 Å². The summed E-state index contributed by atoms with van der Waals surface area (Å²) < 4.78 is 0. The summed E-state index contributed by atoms with van der Waals surface area (Å²) in [4.78, 5) is 27.1. The Hall–Kier alpha value is -1.88. The largest absolute Gasteiger partial charge is 0.353 e. The first kappa shape index (κ1) is 19.4. The summed E-state index contributed by atoms with van der Waals surface area (Å²) in [5, 5.41) is 5.89. The number of carbonyl (C=O) groups excluding carboxylic acids is 2. The first-order valence-electron chi connectivity index (χ1n) is 9.21. The Labute approximate surface area is 151 Å². The second kappa shape index (κ2) is 8.99. The molecule has 0 saturated heterocycles. The van der Waals surface area contributed by atoms with E-state index in [9.17, 15) is 9.59 Å². The fraction of sp³-hybridized carbons (Fsp3) is 0.600. The van der Waals surface area contributed by atoms with E-state index < -0.39 is 6.04 Å². The van der Waals surface area contributed by atoms with Crippen molar-refractivity contribution in [2.45, 2.75) is 58.2 Å². The van der Waals surface area contributed by atoms with Crippen LogP contribution in [0, 0.1) is 5.92 Å². The highest BCUT2D eigenvalue weighted by molar-refractivity contribution is 5.88. The lowest BCUT2D eigenvalue weighted by Gasteiger charge is -2.27. The highest BCUT2D eigenvalue weighted by Crippen LogP contribution is 2.26. The minimum Gasteiger partial charge on any atom is -0.353 e. The number of amides is 2. The molecule has 0 bridgehead atoms. The third-order valence-corrected chi connectivity index (χ3v) is 4.86. The molecule has 5 nitrogen and oxygen atoms in total. The van der Waals surface area contributed by atoms with Crippen LogP contribution in [0.4, 0.5) is 0 Å². The first-order chi connectivity index (χ1) is 11.9. The summed E-state index contributed by atoms with van der Waals surface area (Å²) in [6.07, 6.45) is 2.79. The number of hydrogen-bond donors (Lipinski definition) is 2. The van der Waals surface area contributed by atoms with Gasteiger partial charge in [0.15, 0.2) is 0 Å². The van der Waals surface area contributed by atoms with Crippen molar-refractivity contribution in [3.8, 4) is 0 Å². The molecule has 1 aromatic carbocycles. The summed E-state index contributed by atoms with van der Waals surface area (Å²) in [6, 6.07) is 10.0. The molecule has 1 aromatic rings. The van der Waals surface area contributed by atoms with E-state index >= 15 is 0 Å². The Morgan fingerprint density at radius 2 is 1.80 bits per heavy atom. The molecule has 0 aromatic heterocycles. The quantitative estimate of drug-likeness (QED) is 0.719. The van der Waals surface area contributed by atoms with Crippen molar-refractivity contribution in [1.29, 1.82) is 0 Å². The molecule has 2 atom stereocenters. The smallest absolute Gasteiger partial charge is 0.242 e. The van der Waals surface area contributed by atoms with Crippen LogP contribution in [0.2, 0.25) is 0 Å². The number of likely N-dealkylation sites (N-methyl/N-ethyl adjacent to an activating group) is 1. The van der Waals surface area contributed by atoms with Gasteiger partial charge in [0, 0.05) is 18.6 Å².